The van der Waals surface area contributed by atoms with Gasteiger partial charge >= 0.3 is 5.69 Å². The van der Waals surface area contributed by atoms with Gasteiger partial charge in [-0.3, -0.25) is 4.57 Å². The topological polar surface area (TPSA) is 47.4 Å². The Morgan fingerprint density at radius 3 is 2.68 bits per heavy atom. The quantitative estimate of drug-likeness (QED) is 0.613. The molecule has 1 aromatic rings. The first-order valence-electron chi connectivity index (χ1n) is 7.80. The van der Waals surface area contributed by atoms with E-state index in [1.165, 1.54) is 0 Å². The number of hydrogen-bond donors (Lipinski definition) is 0. The second-order valence-electron chi connectivity index (χ2n) is 7.87. The molecule has 0 aliphatic carbocycles. The average molecular weight is 342 g/mol. The molecule has 3 heterocycles. The zero-order valence-corrected chi connectivity index (χ0v) is 15.6. The summed E-state index contributed by atoms with van der Waals surface area (Å²) in [7, 11) is -1.76. The maximum Gasteiger partial charge on any atom is 0.350 e. The SMILES string of the molecule is CC(C)(C)[Si](C)(C)O[C@@H]1C[C@@H]2Cn3c(cc(Cl)nc3=O)N2C1. The highest BCUT2D eigenvalue weighted by Gasteiger charge is 2.45. The van der Waals surface area contributed by atoms with Gasteiger partial charge in [0.1, 0.15) is 11.0 Å². The highest BCUT2D eigenvalue weighted by Crippen LogP contribution is 2.40. The predicted octanol–water partition coefficient (Wildman–Crippen LogP) is 2.88. The Labute approximate surface area is 137 Å². The van der Waals surface area contributed by atoms with Crippen molar-refractivity contribution in [2.45, 2.75) is 64.0 Å². The van der Waals surface area contributed by atoms with E-state index in [4.69, 9.17) is 16.0 Å². The van der Waals surface area contributed by atoms with Crippen LogP contribution in [0.3, 0.4) is 0 Å². The van der Waals surface area contributed by atoms with Gasteiger partial charge in [0.2, 0.25) is 0 Å². The summed E-state index contributed by atoms with van der Waals surface area (Å²) in [5.41, 5.74) is -0.251. The Balaban J connectivity index is 1.79. The normalized spacial score (nSPS) is 24.5. The highest BCUT2D eigenvalue weighted by molar-refractivity contribution is 6.74. The Hall–Kier alpha value is -0.853. The molecule has 22 heavy (non-hydrogen) atoms. The van der Waals surface area contributed by atoms with Crippen LogP contribution >= 0.6 is 11.6 Å². The minimum atomic E-state index is -1.76. The Morgan fingerprint density at radius 2 is 2.05 bits per heavy atom. The van der Waals surface area contributed by atoms with Crippen LogP contribution in [-0.2, 0) is 11.0 Å². The summed E-state index contributed by atoms with van der Waals surface area (Å²) < 4.78 is 8.26. The van der Waals surface area contributed by atoms with Gasteiger partial charge in [-0.25, -0.2) is 4.79 Å². The first-order valence-corrected chi connectivity index (χ1v) is 11.1. The molecule has 1 saturated heterocycles. The van der Waals surface area contributed by atoms with Crippen molar-refractivity contribution >= 4 is 25.7 Å². The molecule has 0 radical (unpaired) electrons. The van der Waals surface area contributed by atoms with E-state index >= 15 is 0 Å². The fraction of sp³-hybridized carbons (Fsp3) is 0.733. The summed E-state index contributed by atoms with van der Waals surface area (Å²) in [4.78, 5) is 18.0. The molecule has 0 spiro atoms. The fourth-order valence-electron chi connectivity index (χ4n) is 3.09. The molecule has 2 aliphatic rings. The van der Waals surface area contributed by atoms with Crippen LogP contribution in [0.4, 0.5) is 5.82 Å². The third-order valence-corrected chi connectivity index (χ3v) is 10.0. The van der Waals surface area contributed by atoms with Gasteiger partial charge in [-0.1, -0.05) is 32.4 Å². The van der Waals surface area contributed by atoms with E-state index in [1.54, 1.807) is 10.6 Å². The Morgan fingerprint density at radius 1 is 1.36 bits per heavy atom. The molecule has 1 fully saturated rings. The van der Waals surface area contributed by atoms with Gasteiger partial charge in [-0.2, -0.15) is 4.98 Å². The molecule has 3 rings (SSSR count). The molecule has 0 aromatic carbocycles. The lowest BCUT2D eigenvalue weighted by atomic mass is 10.2. The van der Waals surface area contributed by atoms with Crippen molar-refractivity contribution in [2.75, 3.05) is 11.4 Å². The molecule has 0 bridgehead atoms. The summed E-state index contributed by atoms with van der Waals surface area (Å²) in [6, 6.07) is 2.11. The summed E-state index contributed by atoms with van der Waals surface area (Å²) in [6.07, 6.45) is 1.20. The molecule has 7 heteroatoms. The maximum atomic E-state index is 11.9. The van der Waals surface area contributed by atoms with Crippen LogP contribution in [0.1, 0.15) is 27.2 Å². The smallest absolute Gasteiger partial charge is 0.350 e. The molecule has 1 aromatic heterocycles. The second kappa shape index (κ2) is 5.08. The molecular weight excluding hydrogens is 318 g/mol. The van der Waals surface area contributed by atoms with E-state index in [0.717, 1.165) is 18.8 Å². The summed E-state index contributed by atoms with van der Waals surface area (Å²) >= 11 is 5.95. The zero-order valence-electron chi connectivity index (χ0n) is 13.9. The van der Waals surface area contributed by atoms with Crippen molar-refractivity contribution in [1.82, 2.24) is 9.55 Å². The third-order valence-electron chi connectivity index (χ3n) is 5.29. The van der Waals surface area contributed by atoms with Gasteiger partial charge in [0, 0.05) is 19.2 Å². The second-order valence-corrected chi connectivity index (χ2v) is 13.0. The van der Waals surface area contributed by atoms with Crippen molar-refractivity contribution in [2.24, 2.45) is 0 Å². The number of rotatable bonds is 2. The molecule has 0 saturated carbocycles. The number of nitrogens with zero attached hydrogens (tertiary/aromatic N) is 3. The van der Waals surface area contributed by atoms with Crippen molar-refractivity contribution in [3.05, 3.63) is 21.7 Å². The minimum Gasteiger partial charge on any atom is -0.412 e. The van der Waals surface area contributed by atoms with Gasteiger partial charge in [-0.15, -0.1) is 0 Å². The number of halogens is 1. The fourth-order valence-corrected chi connectivity index (χ4v) is 4.62. The lowest BCUT2D eigenvalue weighted by Gasteiger charge is -2.38. The van der Waals surface area contributed by atoms with Gasteiger partial charge in [-0.05, 0) is 24.6 Å². The van der Waals surface area contributed by atoms with E-state index in [0.29, 0.717) is 12.6 Å². The monoisotopic (exact) mass is 341 g/mol. The summed E-state index contributed by atoms with van der Waals surface area (Å²) in [5, 5.41) is 0.480. The molecule has 0 N–H and O–H groups in total. The molecule has 2 atom stereocenters. The number of hydrogen-bond acceptors (Lipinski definition) is 4. The Kier molecular flexibility index (Phi) is 3.70. The van der Waals surface area contributed by atoms with Gasteiger partial charge in [0.15, 0.2) is 8.32 Å². The van der Waals surface area contributed by atoms with E-state index in [2.05, 4.69) is 43.7 Å². The lowest BCUT2D eigenvalue weighted by molar-refractivity contribution is 0.196. The molecular formula is C15H24ClN3O2Si. The van der Waals surface area contributed by atoms with Crippen LogP contribution in [0.15, 0.2) is 10.9 Å². The van der Waals surface area contributed by atoms with Gasteiger partial charge in [0.25, 0.3) is 0 Å². The summed E-state index contributed by atoms with van der Waals surface area (Å²) in [6.45, 7) is 12.9. The zero-order chi connectivity index (χ0) is 16.3. The standard InChI is InChI=1S/C15H24ClN3O2Si/c1-15(2,3)22(4,5)21-11-6-10-8-19-13(18(10)9-11)7-12(16)17-14(19)20/h7,10-11H,6,8-9H2,1-5H3/t10-,11-/m1/s1. The number of fused-ring (bicyclic) bond motifs is 3. The molecule has 0 unspecified atom stereocenters. The first kappa shape index (κ1) is 16.0. The predicted molar refractivity (Wildman–Crippen MR) is 91.3 cm³/mol. The first-order chi connectivity index (χ1) is 10.1. The minimum absolute atomic E-state index is 0.210. The molecule has 5 nitrogen and oxygen atoms in total. The third kappa shape index (κ3) is 2.61. The largest absolute Gasteiger partial charge is 0.412 e. The highest BCUT2D eigenvalue weighted by atomic mass is 35.5. The molecule has 2 aliphatic heterocycles. The van der Waals surface area contributed by atoms with Crippen molar-refractivity contribution < 1.29 is 4.43 Å². The van der Waals surface area contributed by atoms with Crippen LogP contribution in [0.25, 0.3) is 0 Å². The number of aromatic nitrogens is 2. The van der Waals surface area contributed by atoms with E-state index < -0.39 is 8.32 Å². The van der Waals surface area contributed by atoms with Crippen LogP contribution in [0.2, 0.25) is 23.3 Å². The Bertz CT molecular complexity index is 653. The number of anilines is 1. The van der Waals surface area contributed by atoms with Crippen molar-refractivity contribution in [1.29, 1.82) is 0 Å². The van der Waals surface area contributed by atoms with Crippen LogP contribution < -0.4 is 10.6 Å². The van der Waals surface area contributed by atoms with E-state index in [9.17, 15) is 4.79 Å². The van der Waals surface area contributed by atoms with Crippen molar-refractivity contribution in [3.8, 4) is 0 Å². The van der Waals surface area contributed by atoms with Crippen LogP contribution in [0.5, 0.6) is 0 Å². The lowest BCUT2D eigenvalue weighted by Crippen LogP contribution is -2.44. The van der Waals surface area contributed by atoms with E-state index in [1.807, 2.05) is 0 Å². The van der Waals surface area contributed by atoms with Crippen LogP contribution in [0, 0.1) is 0 Å². The van der Waals surface area contributed by atoms with Crippen LogP contribution in [-0.4, -0.2) is 36.6 Å². The van der Waals surface area contributed by atoms with Crippen molar-refractivity contribution in [3.63, 3.8) is 0 Å². The van der Waals surface area contributed by atoms with E-state index in [-0.39, 0.29) is 22.0 Å². The molecule has 0 amide bonds. The maximum absolute atomic E-state index is 11.9. The van der Waals surface area contributed by atoms with Gasteiger partial charge < -0.3 is 9.33 Å². The molecule has 122 valence electrons. The summed E-state index contributed by atoms with van der Waals surface area (Å²) in [5.74, 6) is 0.885. The average Bonchev–Trinajstić information content (AvgIpc) is 2.85. The van der Waals surface area contributed by atoms with Gasteiger partial charge in [0.05, 0.1) is 12.1 Å².